The van der Waals surface area contributed by atoms with Gasteiger partial charge in [-0.05, 0) is 31.0 Å². The van der Waals surface area contributed by atoms with Crippen LogP contribution >= 0.6 is 0 Å². The molecule has 1 atom stereocenters. The zero-order valence-electron chi connectivity index (χ0n) is 11.1. The molecule has 0 amide bonds. The number of benzene rings is 1. The van der Waals surface area contributed by atoms with E-state index in [2.05, 4.69) is 0 Å². The maximum absolute atomic E-state index is 11.8. The summed E-state index contributed by atoms with van der Waals surface area (Å²) in [5, 5.41) is 0.964. The van der Waals surface area contributed by atoms with Gasteiger partial charge < -0.3 is 13.9 Å². The Bertz CT molecular complexity index is 668. The standard InChI is InChI=1S/C15H16O4/c1-3-12-9(2)13-5-4-10(17-7-11-8-18-11)6-14(13)19-15(12)16/h4-6,11H,3,7-8H2,1-2H3. The zero-order valence-corrected chi connectivity index (χ0v) is 11.1. The van der Waals surface area contributed by atoms with Crippen LogP contribution < -0.4 is 10.4 Å². The maximum atomic E-state index is 11.8. The highest BCUT2D eigenvalue weighted by atomic mass is 16.6. The lowest BCUT2D eigenvalue weighted by molar-refractivity contribution is 0.263. The van der Waals surface area contributed by atoms with E-state index in [1.54, 1.807) is 6.07 Å². The highest BCUT2D eigenvalue weighted by Gasteiger charge is 2.23. The van der Waals surface area contributed by atoms with Crippen molar-refractivity contribution >= 4 is 11.0 Å². The van der Waals surface area contributed by atoms with Crippen molar-refractivity contribution in [1.82, 2.24) is 0 Å². The highest BCUT2D eigenvalue weighted by molar-refractivity contribution is 5.82. The summed E-state index contributed by atoms with van der Waals surface area (Å²) in [6.07, 6.45) is 0.897. The van der Waals surface area contributed by atoms with E-state index in [1.165, 1.54) is 0 Å². The van der Waals surface area contributed by atoms with Crippen LogP contribution in [0.1, 0.15) is 18.1 Å². The van der Waals surface area contributed by atoms with Crippen LogP contribution in [0.2, 0.25) is 0 Å². The van der Waals surface area contributed by atoms with Crippen LogP contribution in [-0.2, 0) is 11.2 Å². The minimum absolute atomic E-state index is 0.215. The molecule has 4 nitrogen and oxygen atoms in total. The van der Waals surface area contributed by atoms with Crippen LogP contribution in [0.25, 0.3) is 11.0 Å². The first kappa shape index (κ1) is 12.2. The molecule has 1 saturated heterocycles. The molecule has 1 fully saturated rings. The summed E-state index contributed by atoms with van der Waals surface area (Å²) < 4.78 is 16.0. The molecule has 0 radical (unpaired) electrons. The molecule has 2 heterocycles. The lowest BCUT2D eigenvalue weighted by Crippen LogP contribution is -2.09. The van der Waals surface area contributed by atoms with E-state index in [4.69, 9.17) is 13.9 Å². The predicted octanol–water partition coefficient (Wildman–Crippen LogP) is 2.44. The molecule has 0 aliphatic carbocycles. The molecule has 4 heteroatoms. The third kappa shape index (κ3) is 2.36. The van der Waals surface area contributed by atoms with Gasteiger partial charge in [-0.25, -0.2) is 4.79 Å². The van der Waals surface area contributed by atoms with Gasteiger partial charge in [-0.15, -0.1) is 0 Å². The summed E-state index contributed by atoms with van der Waals surface area (Å²) in [5.41, 5.74) is 2.06. The van der Waals surface area contributed by atoms with Crippen molar-refractivity contribution in [2.24, 2.45) is 0 Å². The summed E-state index contributed by atoms with van der Waals surface area (Å²) in [7, 11) is 0. The van der Waals surface area contributed by atoms with Gasteiger partial charge in [0.15, 0.2) is 0 Å². The molecule has 0 spiro atoms. The van der Waals surface area contributed by atoms with Crippen molar-refractivity contribution in [1.29, 1.82) is 0 Å². The van der Waals surface area contributed by atoms with Gasteiger partial charge >= 0.3 is 5.63 Å². The van der Waals surface area contributed by atoms with Crippen LogP contribution in [0.15, 0.2) is 27.4 Å². The molecular weight excluding hydrogens is 244 g/mol. The second-order valence-electron chi connectivity index (χ2n) is 4.77. The van der Waals surface area contributed by atoms with Gasteiger partial charge in [-0.1, -0.05) is 6.92 Å². The number of epoxide rings is 1. The smallest absolute Gasteiger partial charge is 0.339 e. The molecule has 2 aromatic rings. The first-order valence-corrected chi connectivity index (χ1v) is 6.49. The van der Waals surface area contributed by atoms with E-state index in [0.29, 0.717) is 24.4 Å². The van der Waals surface area contributed by atoms with Gasteiger partial charge in [0.2, 0.25) is 0 Å². The summed E-state index contributed by atoms with van der Waals surface area (Å²) >= 11 is 0. The van der Waals surface area contributed by atoms with Crippen LogP contribution in [-0.4, -0.2) is 19.3 Å². The fraction of sp³-hybridized carbons (Fsp3) is 0.400. The Labute approximate surface area is 110 Å². The first-order chi connectivity index (χ1) is 9.19. The Hall–Kier alpha value is -1.81. The second-order valence-corrected chi connectivity index (χ2v) is 4.77. The van der Waals surface area contributed by atoms with Crippen LogP contribution in [0.3, 0.4) is 0 Å². The van der Waals surface area contributed by atoms with Gasteiger partial charge in [0.05, 0.1) is 6.61 Å². The van der Waals surface area contributed by atoms with Gasteiger partial charge in [-0.3, -0.25) is 0 Å². The third-order valence-electron chi connectivity index (χ3n) is 3.45. The molecule has 1 aliphatic rings. The Balaban J connectivity index is 2.00. The van der Waals surface area contributed by atoms with E-state index < -0.39 is 0 Å². The summed E-state index contributed by atoms with van der Waals surface area (Å²) in [5.74, 6) is 0.704. The number of rotatable bonds is 4. The SMILES string of the molecule is CCc1c(C)c2ccc(OCC3CO3)cc2oc1=O. The molecule has 1 unspecified atom stereocenters. The van der Waals surface area contributed by atoms with E-state index >= 15 is 0 Å². The summed E-state index contributed by atoms with van der Waals surface area (Å²) in [6.45, 7) is 5.22. The topological polar surface area (TPSA) is 52.0 Å². The molecule has 1 aromatic carbocycles. The quantitative estimate of drug-likeness (QED) is 0.626. The van der Waals surface area contributed by atoms with Crippen molar-refractivity contribution in [2.75, 3.05) is 13.2 Å². The fourth-order valence-corrected chi connectivity index (χ4v) is 2.23. The van der Waals surface area contributed by atoms with Crippen LogP contribution in [0.4, 0.5) is 0 Å². The Morgan fingerprint density at radius 3 is 2.89 bits per heavy atom. The van der Waals surface area contributed by atoms with E-state index in [9.17, 15) is 4.79 Å². The fourth-order valence-electron chi connectivity index (χ4n) is 2.23. The Morgan fingerprint density at radius 2 is 2.21 bits per heavy atom. The number of hydrogen-bond acceptors (Lipinski definition) is 4. The molecule has 3 rings (SSSR count). The molecule has 0 N–H and O–H groups in total. The third-order valence-corrected chi connectivity index (χ3v) is 3.45. The first-order valence-electron chi connectivity index (χ1n) is 6.49. The Morgan fingerprint density at radius 1 is 1.42 bits per heavy atom. The monoisotopic (exact) mass is 260 g/mol. The largest absolute Gasteiger partial charge is 0.491 e. The average molecular weight is 260 g/mol. The minimum atomic E-state index is -0.254. The molecule has 19 heavy (non-hydrogen) atoms. The molecule has 1 aliphatic heterocycles. The van der Waals surface area contributed by atoms with Gasteiger partial charge in [0.1, 0.15) is 24.0 Å². The van der Waals surface area contributed by atoms with E-state index in [1.807, 2.05) is 26.0 Å². The maximum Gasteiger partial charge on any atom is 0.339 e. The molecule has 0 bridgehead atoms. The highest BCUT2D eigenvalue weighted by Crippen LogP contribution is 2.25. The second kappa shape index (κ2) is 4.70. The van der Waals surface area contributed by atoms with Crippen LogP contribution in [0, 0.1) is 6.92 Å². The molecule has 1 aromatic heterocycles. The van der Waals surface area contributed by atoms with Crippen molar-refractivity contribution in [3.05, 3.63) is 39.7 Å². The van der Waals surface area contributed by atoms with Gasteiger partial charge in [0.25, 0.3) is 0 Å². The number of hydrogen-bond donors (Lipinski definition) is 0. The summed E-state index contributed by atoms with van der Waals surface area (Å²) in [4.78, 5) is 11.8. The van der Waals surface area contributed by atoms with Crippen molar-refractivity contribution in [3.8, 4) is 5.75 Å². The van der Waals surface area contributed by atoms with Gasteiger partial charge in [-0.2, -0.15) is 0 Å². The van der Waals surface area contributed by atoms with Gasteiger partial charge in [0, 0.05) is 17.0 Å². The Kier molecular flexibility index (Phi) is 3.03. The van der Waals surface area contributed by atoms with Crippen molar-refractivity contribution in [3.63, 3.8) is 0 Å². The van der Waals surface area contributed by atoms with Crippen LogP contribution in [0.5, 0.6) is 5.75 Å². The van der Waals surface area contributed by atoms with Crippen molar-refractivity contribution < 1.29 is 13.9 Å². The van der Waals surface area contributed by atoms with E-state index in [-0.39, 0.29) is 11.7 Å². The molecule has 0 saturated carbocycles. The molecule has 100 valence electrons. The predicted molar refractivity (Wildman–Crippen MR) is 71.8 cm³/mol. The molecular formula is C15H16O4. The van der Waals surface area contributed by atoms with Crippen molar-refractivity contribution in [2.45, 2.75) is 26.4 Å². The lowest BCUT2D eigenvalue weighted by Gasteiger charge is -2.08. The zero-order chi connectivity index (χ0) is 13.4. The number of aryl methyl sites for hydroxylation is 1. The average Bonchev–Trinajstić information content (AvgIpc) is 3.20. The number of fused-ring (bicyclic) bond motifs is 1. The lowest BCUT2D eigenvalue weighted by atomic mass is 10.0. The number of ether oxygens (including phenoxy) is 2. The normalized spacial score (nSPS) is 17.7. The minimum Gasteiger partial charge on any atom is -0.491 e. The summed E-state index contributed by atoms with van der Waals surface area (Å²) in [6, 6.07) is 5.61. The van der Waals surface area contributed by atoms with E-state index in [0.717, 1.165) is 23.1 Å².